The van der Waals surface area contributed by atoms with Gasteiger partial charge >= 0.3 is 0 Å². The molecule has 1 aliphatic rings. The summed E-state index contributed by atoms with van der Waals surface area (Å²) in [4.78, 5) is 26.0. The second-order valence-electron chi connectivity index (χ2n) is 8.01. The number of aromatic nitrogens is 4. The number of fused-ring (bicyclic) bond motifs is 3. The van der Waals surface area contributed by atoms with Crippen LogP contribution in [0, 0.1) is 0 Å². The number of ether oxygens (including phenoxy) is 1. The Morgan fingerprint density at radius 3 is 2.72 bits per heavy atom. The van der Waals surface area contributed by atoms with E-state index in [9.17, 15) is 9.59 Å². The smallest absolute Gasteiger partial charge is 0.263 e. The van der Waals surface area contributed by atoms with Crippen molar-refractivity contribution in [3.8, 4) is 5.75 Å². The van der Waals surface area contributed by atoms with E-state index in [4.69, 9.17) is 4.74 Å². The van der Waals surface area contributed by atoms with Crippen LogP contribution in [0.4, 0.5) is 0 Å². The molecule has 1 atom stereocenters. The van der Waals surface area contributed by atoms with Crippen molar-refractivity contribution in [1.29, 1.82) is 0 Å². The van der Waals surface area contributed by atoms with Crippen LogP contribution >= 0.6 is 11.8 Å². The lowest BCUT2D eigenvalue weighted by Gasteiger charge is -2.14. The van der Waals surface area contributed by atoms with Gasteiger partial charge in [-0.25, -0.2) is 0 Å². The lowest BCUT2D eigenvalue weighted by molar-refractivity contribution is -0.118. The fourth-order valence-corrected chi connectivity index (χ4v) is 5.50. The highest BCUT2D eigenvalue weighted by molar-refractivity contribution is 8.00. The fraction of sp³-hybridized carbons (Fsp3) is 0.333. The Morgan fingerprint density at radius 2 is 1.84 bits per heavy atom. The molecule has 0 bridgehead atoms. The van der Waals surface area contributed by atoms with Crippen LogP contribution in [-0.4, -0.2) is 37.3 Å². The molecule has 32 heavy (non-hydrogen) atoms. The van der Waals surface area contributed by atoms with Gasteiger partial charge in [-0.05, 0) is 31.0 Å². The van der Waals surface area contributed by atoms with Gasteiger partial charge in [-0.1, -0.05) is 54.9 Å². The molecule has 1 fully saturated rings. The lowest BCUT2D eigenvalue weighted by Crippen LogP contribution is -2.24. The van der Waals surface area contributed by atoms with Crippen LogP contribution in [0.5, 0.6) is 5.75 Å². The van der Waals surface area contributed by atoms with Crippen molar-refractivity contribution >= 4 is 34.2 Å². The molecular formula is C24H24N4O3S. The predicted octanol–water partition coefficient (Wildman–Crippen LogP) is 4.10. The maximum Gasteiger partial charge on any atom is 0.263 e. The summed E-state index contributed by atoms with van der Waals surface area (Å²) in [6.07, 6.45) is 4.55. The van der Waals surface area contributed by atoms with Gasteiger partial charge in [0.1, 0.15) is 11.5 Å². The summed E-state index contributed by atoms with van der Waals surface area (Å²) in [5, 5.41) is 9.93. The van der Waals surface area contributed by atoms with E-state index in [0.29, 0.717) is 35.0 Å². The van der Waals surface area contributed by atoms with Crippen molar-refractivity contribution in [2.45, 2.75) is 49.1 Å². The van der Waals surface area contributed by atoms with Gasteiger partial charge in [0.2, 0.25) is 5.78 Å². The maximum atomic E-state index is 13.4. The number of carbonyl (C=O) groups excluding carboxylic acids is 1. The third-order valence-electron chi connectivity index (χ3n) is 6.00. The number of carbonyl (C=O) groups is 1. The Labute approximate surface area is 189 Å². The van der Waals surface area contributed by atoms with Crippen LogP contribution in [0.2, 0.25) is 0 Å². The van der Waals surface area contributed by atoms with Gasteiger partial charge in [0.25, 0.3) is 5.56 Å². The first kappa shape index (κ1) is 20.8. The van der Waals surface area contributed by atoms with E-state index in [2.05, 4.69) is 10.2 Å². The third-order valence-corrected chi connectivity index (χ3v) is 7.25. The van der Waals surface area contributed by atoms with Crippen LogP contribution in [0.3, 0.4) is 0 Å². The van der Waals surface area contributed by atoms with Gasteiger partial charge in [-0.15, -0.1) is 10.2 Å². The summed E-state index contributed by atoms with van der Waals surface area (Å²) in [6.45, 7) is 0.308. The van der Waals surface area contributed by atoms with Gasteiger partial charge in [-0.2, -0.15) is 0 Å². The average Bonchev–Trinajstić information content (AvgIpc) is 3.13. The van der Waals surface area contributed by atoms with Crippen LogP contribution in [0.15, 0.2) is 58.5 Å². The largest absolute Gasteiger partial charge is 0.496 e. The molecule has 2 aromatic carbocycles. The zero-order valence-corrected chi connectivity index (χ0v) is 18.7. The number of para-hydroxylation sites is 2. The Bertz CT molecular complexity index is 1360. The summed E-state index contributed by atoms with van der Waals surface area (Å²) < 4.78 is 9.03. The SMILES string of the molecule is COc1ccccc1Cn1c(=O)c2ccccc2n2c(SC3CCCCCC3=O)nnc12. The van der Waals surface area contributed by atoms with Crippen molar-refractivity contribution in [1.82, 2.24) is 19.2 Å². The van der Waals surface area contributed by atoms with Crippen molar-refractivity contribution in [3.63, 3.8) is 0 Å². The summed E-state index contributed by atoms with van der Waals surface area (Å²) in [5.41, 5.74) is 1.50. The molecule has 1 unspecified atom stereocenters. The second-order valence-corrected chi connectivity index (χ2v) is 9.18. The fourth-order valence-electron chi connectivity index (χ4n) is 4.34. The van der Waals surface area contributed by atoms with E-state index < -0.39 is 0 Å². The molecule has 0 spiro atoms. The molecule has 7 nitrogen and oxygen atoms in total. The number of rotatable bonds is 5. The molecule has 1 aliphatic carbocycles. The average molecular weight is 449 g/mol. The van der Waals surface area contributed by atoms with Crippen LogP contribution in [0.1, 0.15) is 37.7 Å². The molecule has 4 aromatic rings. The van der Waals surface area contributed by atoms with E-state index in [1.807, 2.05) is 52.9 Å². The normalized spacial score (nSPS) is 17.0. The standard InChI is InChI=1S/C24H24N4O3S/c1-31-20-13-8-5-9-16(20)15-27-22(30)17-10-6-7-11-18(17)28-23(27)25-26-24(28)32-21-14-4-2-3-12-19(21)29/h5-11,13,21H,2-4,12,14-15H2,1H3. The van der Waals surface area contributed by atoms with E-state index in [1.165, 1.54) is 11.8 Å². The molecule has 2 heterocycles. The van der Waals surface area contributed by atoms with E-state index >= 15 is 0 Å². The van der Waals surface area contributed by atoms with Gasteiger partial charge in [0.05, 0.1) is 29.8 Å². The minimum atomic E-state index is -0.131. The molecule has 1 saturated carbocycles. The first-order chi connectivity index (χ1) is 15.7. The highest BCUT2D eigenvalue weighted by Gasteiger charge is 2.25. The molecule has 0 saturated heterocycles. The van der Waals surface area contributed by atoms with Gasteiger partial charge in [0.15, 0.2) is 5.16 Å². The van der Waals surface area contributed by atoms with Gasteiger partial charge < -0.3 is 4.74 Å². The Morgan fingerprint density at radius 1 is 1.03 bits per heavy atom. The number of methoxy groups -OCH3 is 1. The topological polar surface area (TPSA) is 78.5 Å². The Kier molecular flexibility index (Phi) is 5.70. The molecule has 164 valence electrons. The lowest BCUT2D eigenvalue weighted by atomic mass is 10.2. The minimum Gasteiger partial charge on any atom is -0.496 e. The molecule has 5 rings (SSSR count). The third kappa shape index (κ3) is 3.68. The number of ketones is 1. The van der Waals surface area contributed by atoms with Gasteiger partial charge in [-0.3, -0.25) is 18.6 Å². The number of hydrogen-bond acceptors (Lipinski definition) is 6. The highest BCUT2D eigenvalue weighted by atomic mass is 32.2. The molecule has 2 aromatic heterocycles. The number of thioether (sulfide) groups is 1. The first-order valence-corrected chi connectivity index (χ1v) is 11.7. The predicted molar refractivity (Wildman–Crippen MR) is 125 cm³/mol. The van der Waals surface area contributed by atoms with Crippen LogP contribution in [-0.2, 0) is 11.3 Å². The summed E-state index contributed by atoms with van der Waals surface area (Å²) >= 11 is 1.47. The first-order valence-electron chi connectivity index (χ1n) is 10.9. The van der Waals surface area contributed by atoms with Crippen molar-refractivity contribution < 1.29 is 9.53 Å². The summed E-state index contributed by atoms with van der Waals surface area (Å²) in [5.74, 6) is 1.45. The maximum absolute atomic E-state index is 13.4. The molecule has 0 N–H and O–H groups in total. The molecule has 0 radical (unpaired) electrons. The molecule has 0 aliphatic heterocycles. The molecular weight excluding hydrogens is 424 g/mol. The number of Topliss-reactive ketones (excluding diaryl/α,β-unsaturated/α-hetero) is 1. The van der Waals surface area contributed by atoms with E-state index in [-0.39, 0.29) is 16.6 Å². The monoisotopic (exact) mass is 448 g/mol. The zero-order chi connectivity index (χ0) is 22.1. The van der Waals surface area contributed by atoms with Crippen molar-refractivity contribution in [3.05, 3.63) is 64.4 Å². The number of hydrogen-bond donors (Lipinski definition) is 0. The number of nitrogens with zero attached hydrogens (tertiary/aromatic N) is 4. The van der Waals surface area contributed by atoms with E-state index in [0.717, 1.165) is 36.8 Å². The Hall–Kier alpha value is -3.13. The van der Waals surface area contributed by atoms with Gasteiger partial charge in [0, 0.05) is 12.0 Å². The molecule has 8 heteroatoms. The minimum absolute atomic E-state index is 0.127. The summed E-state index contributed by atoms with van der Waals surface area (Å²) in [7, 11) is 1.62. The highest BCUT2D eigenvalue weighted by Crippen LogP contribution is 2.31. The Balaban J connectivity index is 1.67. The quantitative estimate of drug-likeness (QED) is 0.428. The second kappa shape index (κ2) is 8.78. The van der Waals surface area contributed by atoms with Crippen molar-refractivity contribution in [2.75, 3.05) is 7.11 Å². The van der Waals surface area contributed by atoms with E-state index in [1.54, 1.807) is 11.7 Å². The number of benzene rings is 2. The van der Waals surface area contributed by atoms with Crippen LogP contribution < -0.4 is 10.3 Å². The van der Waals surface area contributed by atoms with Crippen LogP contribution in [0.25, 0.3) is 16.7 Å². The summed E-state index contributed by atoms with van der Waals surface area (Å²) in [6, 6.07) is 15.1. The molecule has 0 amide bonds. The zero-order valence-electron chi connectivity index (χ0n) is 17.9. The van der Waals surface area contributed by atoms with Crippen molar-refractivity contribution in [2.24, 2.45) is 0 Å².